The number of halogens is 2. The molecule has 0 fully saturated rings. The third kappa shape index (κ3) is 3.95. The zero-order valence-corrected chi connectivity index (χ0v) is 16.1. The average Bonchev–Trinajstić information content (AvgIpc) is 3.14. The second-order valence-corrected chi connectivity index (χ2v) is 6.82. The Morgan fingerprint density at radius 1 is 1.18 bits per heavy atom. The van der Waals surface area contributed by atoms with Gasteiger partial charge >= 0.3 is 0 Å². The maximum atomic E-state index is 14.2. The van der Waals surface area contributed by atoms with Gasteiger partial charge in [-0.1, -0.05) is 37.3 Å². The Hall–Kier alpha value is -2.64. The molecule has 7 heteroatoms. The minimum atomic E-state index is -1.51. The van der Waals surface area contributed by atoms with Crippen LogP contribution >= 0.6 is 0 Å². The first-order chi connectivity index (χ1) is 13.3. The third-order valence-corrected chi connectivity index (χ3v) is 5.02. The van der Waals surface area contributed by atoms with Crippen molar-refractivity contribution in [1.29, 1.82) is 0 Å². The molecule has 3 aromatic rings. The Kier molecular flexibility index (Phi) is 5.86. The van der Waals surface area contributed by atoms with Gasteiger partial charge < -0.3 is 9.84 Å². The van der Waals surface area contributed by atoms with E-state index in [9.17, 15) is 13.9 Å². The zero-order valence-electron chi connectivity index (χ0n) is 16.1. The standard InChI is InChI=1S/C21H23F2N3O2/c1-4-28-13-26-20(24-12-25-26)16-7-5-15(6-8-16)14(2)21(3,27)18-10-9-17(22)11-19(18)23/h5-12,14,27H,4,13H2,1-3H3. The van der Waals surface area contributed by atoms with Crippen LogP contribution in [0.5, 0.6) is 0 Å². The fourth-order valence-corrected chi connectivity index (χ4v) is 3.14. The largest absolute Gasteiger partial charge is 0.385 e. The van der Waals surface area contributed by atoms with Crippen LogP contribution in [-0.2, 0) is 17.1 Å². The van der Waals surface area contributed by atoms with Crippen LogP contribution < -0.4 is 0 Å². The van der Waals surface area contributed by atoms with Gasteiger partial charge in [-0.15, -0.1) is 0 Å². The van der Waals surface area contributed by atoms with Gasteiger partial charge in [0.1, 0.15) is 24.7 Å². The highest BCUT2D eigenvalue weighted by molar-refractivity contribution is 5.55. The first-order valence-corrected chi connectivity index (χ1v) is 9.08. The van der Waals surface area contributed by atoms with Crippen LogP contribution in [0, 0.1) is 11.6 Å². The van der Waals surface area contributed by atoms with Crippen molar-refractivity contribution in [2.75, 3.05) is 6.61 Å². The van der Waals surface area contributed by atoms with Gasteiger partial charge in [-0.3, -0.25) is 0 Å². The van der Waals surface area contributed by atoms with E-state index in [2.05, 4.69) is 10.1 Å². The van der Waals surface area contributed by atoms with Crippen LogP contribution in [0.25, 0.3) is 11.4 Å². The Balaban J connectivity index is 1.85. The van der Waals surface area contributed by atoms with E-state index in [4.69, 9.17) is 4.74 Å². The molecule has 0 aliphatic carbocycles. The van der Waals surface area contributed by atoms with Gasteiger partial charge in [-0.25, -0.2) is 18.4 Å². The molecule has 0 aliphatic heterocycles. The molecular formula is C21H23F2N3O2. The van der Waals surface area contributed by atoms with E-state index < -0.39 is 23.2 Å². The van der Waals surface area contributed by atoms with Gasteiger partial charge in [0, 0.05) is 29.7 Å². The van der Waals surface area contributed by atoms with Crippen molar-refractivity contribution in [2.24, 2.45) is 0 Å². The molecule has 148 valence electrons. The summed E-state index contributed by atoms with van der Waals surface area (Å²) in [7, 11) is 0. The van der Waals surface area contributed by atoms with Crippen molar-refractivity contribution in [3.63, 3.8) is 0 Å². The summed E-state index contributed by atoms with van der Waals surface area (Å²) in [6.07, 6.45) is 1.47. The number of hydrogen-bond acceptors (Lipinski definition) is 4. The maximum absolute atomic E-state index is 14.2. The lowest BCUT2D eigenvalue weighted by atomic mass is 9.79. The molecule has 0 spiro atoms. The topological polar surface area (TPSA) is 60.2 Å². The van der Waals surface area contributed by atoms with Crippen LogP contribution in [0.2, 0.25) is 0 Å². The molecule has 2 aromatic carbocycles. The summed E-state index contributed by atoms with van der Waals surface area (Å²) in [6, 6.07) is 10.7. The first kappa shape index (κ1) is 20.1. The zero-order chi connectivity index (χ0) is 20.3. The van der Waals surface area contributed by atoms with Gasteiger partial charge in [0.25, 0.3) is 0 Å². The van der Waals surface area contributed by atoms with Crippen molar-refractivity contribution >= 4 is 0 Å². The molecule has 2 unspecified atom stereocenters. The monoisotopic (exact) mass is 387 g/mol. The van der Waals surface area contributed by atoms with E-state index in [1.807, 2.05) is 31.2 Å². The van der Waals surface area contributed by atoms with E-state index in [0.717, 1.165) is 23.3 Å². The summed E-state index contributed by atoms with van der Waals surface area (Å²) >= 11 is 0. The molecule has 0 bridgehead atoms. The summed E-state index contributed by atoms with van der Waals surface area (Å²) in [4.78, 5) is 4.27. The minimum absolute atomic E-state index is 0.0573. The van der Waals surface area contributed by atoms with Gasteiger partial charge in [0.15, 0.2) is 5.82 Å². The molecule has 1 N–H and O–H groups in total. The number of rotatable bonds is 7. The molecule has 1 aromatic heterocycles. The third-order valence-electron chi connectivity index (χ3n) is 5.02. The molecule has 0 radical (unpaired) electrons. The highest BCUT2D eigenvalue weighted by atomic mass is 19.1. The number of benzene rings is 2. The van der Waals surface area contributed by atoms with Gasteiger partial charge in [0.2, 0.25) is 0 Å². The summed E-state index contributed by atoms with van der Waals surface area (Å²) < 4.78 is 34.4. The fraction of sp³-hybridized carbons (Fsp3) is 0.333. The van der Waals surface area contributed by atoms with Crippen LogP contribution in [0.1, 0.15) is 37.8 Å². The molecule has 0 amide bonds. The number of nitrogens with zero attached hydrogens (tertiary/aromatic N) is 3. The first-order valence-electron chi connectivity index (χ1n) is 9.08. The van der Waals surface area contributed by atoms with E-state index in [1.165, 1.54) is 19.3 Å². The smallest absolute Gasteiger partial charge is 0.160 e. The highest BCUT2D eigenvalue weighted by Gasteiger charge is 2.34. The number of hydrogen-bond donors (Lipinski definition) is 1. The number of ether oxygens (including phenoxy) is 1. The molecule has 2 atom stereocenters. The van der Waals surface area contributed by atoms with E-state index in [0.29, 0.717) is 19.2 Å². The Labute approximate surface area is 162 Å². The lowest BCUT2D eigenvalue weighted by molar-refractivity contribution is 0.0287. The van der Waals surface area contributed by atoms with Crippen molar-refractivity contribution in [1.82, 2.24) is 14.8 Å². The quantitative estimate of drug-likeness (QED) is 0.659. The van der Waals surface area contributed by atoms with Crippen molar-refractivity contribution in [3.05, 3.63) is 71.6 Å². The van der Waals surface area contributed by atoms with Crippen molar-refractivity contribution < 1.29 is 18.6 Å². The molecule has 1 heterocycles. The van der Waals surface area contributed by atoms with Gasteiger partial charge in [-0.2, -0.15) is 5.10 Å². The van der Waals surface area contributed by atoms with Crippen LogP contribution in [-0.4, -0.2) is 26.5 Å². The molecule has 5 nitrogen and oxygen atoms in total. The normalized spacial score (nSPS) is 14.6. The lowest BCUT2D eigenvalue weighted by Crippen LogP contribution is -2.29. The second-order valence-electron chi connectivity index (χ2n) is 6.82. The van der Waals surface area contributed by atoms with Gasteiger partial charge in [-0.05, 0) is 25.5 Å². The predicted molar refractivity (Wildman–Crippen MR) is 101 cm³/mol. The van der Waals surface area contributed by atoms with Crippen molar-refractivity contribution in [3.8, 4) is 11.4 Å². The maximum Gasteiger partial charge on any atom is 0.160 e. The Morgan fingerprint density at radius 3 is 2.54 bits per heavy atom. The Bertz CT molecular complexity index is 939. The number of aliphatic hydroxyl groups is 1. The van der Waals surface area contributed by atoms with Crippen LogP contribution in [0.4, 0.5) is 8.78 Å². The molecular weight excluding hydrogens is 364 g/mol. The van der Waals surface area contributed by atoms with Gasteiger partial charge in [0.05, 0.1) is 5.60 Å². The molecule has 3 rings (SSSR count). The van der Waals surface area contributed by atoms with E-state index in [-0.39, 0.29) is 5.56 Å². The van der Waals surface area contributed by atoms with Crippen LogP contribution in [0.3, 0.4) is 0 Å². The van der Waals surface area contributed by atoms with E-state index >= 15 is 0 Å². The summed E-state index contributed by atoms with van der Waals surface area (Å²) in [5, 5.41) is 15.1. The number of aromatic nitrogens is 3. The molecule has 0 saturated carbocycles. The summed E-state index contributed by atoms with van der Waals surface area (Å²) in [5.41, 5.74) is 0.213. The molecule has 0 aliphatic rings. The average molecular weight is 387 g/mol. The minimum Gasteiger partial charge on any atom is -0.385 e. The lowest BCUT2D eigenvalue weighted by Gasteiger charge is -2.31. The predicted octanol–water partition coefficient (Wildman–Crippen LogP) is 4.23. The molecule has 0 saturated heterocycles. The van der Waals surface area contributed by atoms with Crippen LogP contribution in [0.15, 0.2) is 48.8 Å². The van der Waals surface area contributed by atoms with Crippen molar-refractivity contribution in [2.45, 2.75) is 39.0 Å². The molecule has 28 heavy (non-hydrogen) atoms. The second kappa shape index (κ2) is 8.16. The van der Waals surface area contributed by atoms with E-state index in [1.54, 1.807) is 11.6 Å². The Morgan fingerprint density at radius 2 is 1.89 bits per heavy atom. The summed E-state index contributed by atoms with van der Waals surface area (Å²) in [6.45, 7) is 6.12. The summed E-state index contributed by atoms with van der Waals surface area (Å²) in [5.74, 6) is -1.20. The SMILES string of the molecule is CCOCn1ncnc1-c1ccc(C(C)C(C)(O)c2ccc(F)cc2F)cc1. The highest BCUT2D eigenvalue weighted by Crippen LogP contribution is 2.38. The fourth-order valence-electron chi connectivity index (χ4n) is 3.14.